The molecule has 1 aromatic rings. The second-order valence-corrected chi connectivity index (χ2v) is 6.54. The maximum absolute atomic E-state index is 13.6. The van der Waals surface area contributed by atoms with E-state index in [0.717, 1.165) is 0 Å². The number of hydrazone groups is 1. The highest BCUT2D eigenvalue weighted by Crippen LogP contribution is 2.36. The third-order valence-corrected chi connectivity index (χ3v) is 4.81. The molecule has 1 saturated heterocycles. The first-order valence-corrected chi connectivity index (χ1v) is 7.90. The van der Waals surface area contributed by atoms with E-state index in [1.54, 1.807) is 0 Å². The van der Waals surface area contributed by atoms with Crippen LogP contribution in [-0.4, -0.2) is 28.7 Å². The lowest BCUT2D eigenvalue weighted by Gasteiger charge is -2.33. The second-order valence-electron chi connectivity index (χ2n) is 6.54. The Labute approximate surface area is 144 Å². The van der Waals surface area contributed by atoms with Crippen LogP contribution < -0.4 is 5.32 Å². The van der Waals surface area contributed by atoms with Gasteiger partial charge in [0, 0.05) is 0 Å². The fourth-order valence-electron chi connectivity index (χ4n) is 3.16. The number of hydrogen-bond donors (Lipinski definition) is 1. The minimum atomic E-state index is -2.30. The molecule has 2 fully saturated rings. The lowest BCUT2D eigenvalue weighted by atomic mass is 9.77. The van der Waals surface area contributed by atoms with Crippen molar-refractivity contribution in [3.05, 3.63) is 34.6 Å². The van der Waals surface area contributed by atoms with Gasteiger partial charge in [0.05, 0.1) is 11.8 Å². The molecule has 1 saturated carbocycles. The summed E-state index contributed by atoms with van der Waals surface area (Å²) in [6.07, 6.45) is 2.43. The van der Waals surface area contributed by atoms with Crippen molar-refractivity contribution in [2.75, 3.05) is 0 Å². The van der Waals surface area contributed by atoms with E-state index < -0.39 is 52.1 Å². The predicted octanol–water partition coefficient (Wildman–Crippen LogP) is 3.22. The molecule has 1 aliphatic carbocycles. The van der Waals surface area contributed by atoms with Gasteiger partial charge in [-0.25, -0.2) is 26.7 Å². The number of urea groups is 1. The number of benzene rings is 1. The Balaban J connectivity index is 1.90. The Hall–Kier alpha value is -2.52. The molecule has 0 unspecified atom stereocenters. The molecule has 0 atom stereocenters. The topological polar surface area (TPSA) is 61.8 Å². The summed E-state index contributed by atoms with van der Waals surface area (Å²) < 4.78 is 66.7. The van der Waals surface area contributed by atoms with Gasteiger partial charge in [0.15, 0.2) is 23.3 Å². The summed E-state index contributed by atoms with van der Waals surface area (Å²) in [5.41, 5.74) is -2.47. The fraction of sp³-hybridized carbons (Fsp3) is 0.438. The van der Waals surface area contributed by atoms with Crippen LogP contribution in [0, 0.1) is 35.0 Å². The molecule has 1 aliphatic heterocycles. The minimum Gasteiger partial charge on any atom is -0.321 e. The Morgan fingerprint density at radius 2 is 1.50 bits per heavy atom. The predicted molar refractivity (Wildman–Crippen MR) is 79.6 cm³/mol. The lowest BCUT2D eigenvalue weighted by Crippen LogP contribution is -2.49. The van der Waals surface area contributed by atoms with Crippen molar-refractivity contribution in [1.29, 1.82) is 0 Å². The fourth-order valence-corrected chi connectivity index (χ4v) is 3.16. The number of carbonyl (C=O) groups is 2. The summed E-state index contributed by atoms with van der Waals surface area (Å²) in [4.78, 5) is 24.5. The highest BCUT2D eigenvalue weighted by molar-refractivity contribution is 6.07. The molecule has 0 aromatic heterocycles. The standard InChI is InChI=1S/C16H14F5N3O2/c1-7-2-4-16(5-3-7)14(25)24(15(26)23-16)22-6-8-9(17)11(19)13(21)12(20)10(8)18/h6-7H,2-5H2,1H3,(H,23,26)/b22-6+. The maximum Gasteiger partial charge on any atom is 0.346 e. The van der Waals surface area contributed by atoms with E-state index in [2.05, 4.69) is 10.4 Å². The molecule has 0 radical (unpaired) electrons. The maximum atomic E-state index is 13.6. The van der Waals surface area contributed by atoms with E-state index >= 15 is 0 Å². The highest BCUT2D eigenvalue weighted by Gasteiger charge is 2.52. The van der Waals surface area contributed by atoms with Gasteiger partial charge in [-0.15, -0.1) is 5.01 Å². The van der Waals surface area contributed by atoms with Crippen LogP contribution in [0.3, 0.4) is 0 Å². The van der Waals surface area contributed by atoms with Crippen LogP contribution in [0.5, 0.6) is 0 Å². The van der Waals surface area contributed by atoms with Crippen molar-refractivity contribution in [3.63, 3.8) is 0 Å². The van der Waals surface area contributed by atoms with Crippen LogP contribution in [0.25, 0.3) is 0 Å². The van der Waals surface area contributed by atoms with Gasteiger partial charge in [0.1, 0.15) is 5.54 Å². The third-order valence-electron chi connectivity index (χ3n) is 4.81. The number of nitrogens with zero attached hydrogens (tertiary/aromatic N) is 2. The Kier molecular flexibility index (Phi) is 4.45. The number of carbonyl (C=O) groups excluding carboxylic acids is 2. The van der Waals surface area contributed by atoms with Crippen molar-refractivity contribution in [3.8, 4) is 0 Å². The molecule has 1 N–H and O–H groups in total. The van der Waals surface area contributed by atoms with Crippen molar-refractivity contribution >= 4 is 18.2 Å². The van der Waals surface area contributed by atoms with Gasteiger partial charge in [-0.05, 0) is 31.6 Å². The smallest absolute Gasteiger partial charge is 0.321 e. The molecule has 3 rings (SSSR count). The molecular weight excluding hydrogens is 361 g/mol. The molecule has 3 amide bonds. The molecule has 1 aromatic carbocycles. The van der Waals surface area contributed by atoms with Crippen LogP contribution >= 0.6 is 0 Å². The monoisotopic (exact) mass is 375 g/mol. The zero-order valence-corrected chi connectivity index (χ0v) is 13.6. The number of halogens is 5. The van der Waals surface area contributed by atoms with Crippen molar-refractivity contribution in [2.24, 2.45) is 11.0 Å². The summed E-state index contributed by atoms with van der Waals surface area (Å²) in [6, 6.07) is -0.912. The minimum absolute atomic E-state index is 0.276. The first-order valence-electron chi connectivity index (χ1n) is 7.90. The van der Waals surface area contributed by atoms with Gasteiger partial charge < -0.3 is 5.32 Å². The molecule has 1 spiro atoms. The zero-order chi connectivity index (χ0) is 19.2. The van der Waals surface area contributed by atoms with Gasteiger partial charge in [-0.2, -0.15) is 5.10 Å². The molecule has 10 heteroatoms. The number of hydrogen-bond acceptors (Lipinski definition) is 3. The van der Waals surface area contributed by atoms with E-state index in [1.165, 1.54) is 0 Å². The van der Waals surface area contributed by atoms with Gasteiger partial charge in [0.25, 0.3) is 5.91 Å². The average Bonchev–Trinajstić information content (AvgIpc) is 2.85. The van der Waals surface area contributed by atoms with E-state index in [-0.39, 0.29) is 6.21 Å². The molecule has 140 valence electrons. The normalized spacial score (nSPS) is 26.2. The molecule has 0 bridgehead atoms. The van der Waals surface area contributed by atoms with Gasteiger partial charge >= 0.3 is 6.03 Å². The molecule has 2 aliphatic rings. The zero-order valence-electron chi connectivity index (χ0n) is 13.6. The number of nitrogens with one attached hydrogen (secondary N) is 1. The molecular formula is C16H14F5N3O2. The third kappa shape index (κ3) is 2.73. The lowest BCUT2D eigenvalue weighted by molar-refractivity contribution is -0.132. The van der Waals surface area contributed by atoms with Gasteiger partial charge in [-0.3, -0.25) is 4.79 Å². The van der Waals surface area contributed by atoms with Crippen LogP contribution in [0.1, 0.15) is 38.2 Å². The number of imide groups is 1. The second kappa shape index (κ2) is 6.33. The van der Waals surface area contributed by atoms with Crippen LogP contribution in [-0.2, 0) is 4.79 Å². The summed E-state index contributed by atoms with van der Waals surface area (Å²) >= 11 is 0. The van der Waals surface area contributed by atoms with Crippen LogP contribution in [0.15, 0.2) is 5.10 Å². The highest BCUT2D eigenvalue weighted by atomic mass is 19.2. The van der Waals surface area contributed by atoms with Crippen molar-refractivity contribution < 1.29 is 31.5 Å². The van der Waals surface area contributed by atoms with E-state index in [9.17, 15) is 31.5 Å². The Morgan fingerprint density at radius 1 is 1.00 bits per heavy atom. The molecule has 1 heterocycles. The summed E-state index contributed by atoms with van der Waals surface area (Å²) in [5, 5.41) is 6.24. The molecule has 5 nitrogen and oxygen atoms in total. The Morgan fingerprint density at radius 3 is 2.04 bits per heavy atom. The Bertz CT molecular complexity index is 790. The van der Waals surface area contributed by atoms with Crippen LogP contribution in [0.4, 0.5) is 26.7 Å². The SMILES string of the molecule is CC1CCC2(CC1)NC(=O)N(/N=C/c1c(F)c(F)c(F)c(F)c1F)C2=O. The van der Waals surface area contributed by atoms with Crippen LogP contribution in [0.2, 0.25) is 0 Å². The van der Waals surface area contributed by atoms with Gasteiger partial charge in [0.2, 0.25) is 5.82 Å². The van der Waals surface area contributed by atoms with E-state index in [4.69, 9.17) is 0 Å². The number of amides is 3. The van der Waals surface area contributed by atoms with E-state index in [1.807, 2.05) is 6.92 Å². The summed E-state index contributed by atoms with van der Waals surface area (Å²) in [6.45, 7) is 2.01. The van der Waals surface area contributed by atoms with Gasteiger partial charge in [-0.1, -0.05) is 6.92 Å². The first-order chi connectivity index (χ1) is 12.2. The van der Waals surface area contributed by atoms with Crippen molar-refractivity contribution in [2.45, 2.75) is 38.1 Å². The van der Waals surface area contributed by atoms with Crippen molar-refractivity contribution in [1.82, 2.24) is 10.3 Å². The largest absolute Gasteiger partial charge is 0.346 e. The first kappa shape index (κ1) is 18.3. The summed E-state index contributed by atoms with van der Waals surface area (Å²) in [5.74, 6) is -11.1. The average molecular weight is 375 g/mol. The molecule has 26 heavy (non-hydrogen) atoms. The number of rotatable bonds is 2. The van der Waals surface area contributed by atoms with E-state index in [0.29, 0.717) is 36.6 Å². The summed E-state index contributed by atoms with van der Waals surface area (Å²) in [7, 11) is 0. The quantitative estimate of drug-likeness (QED) is 0.284.